The van der Waals surface area contributed by atoms with Gasteiger partial charge in [0.05, 0.1) is 4.47 Å². The van der Waals surface area contributed by atoms with Gasteiger partial charge in [0.25, 0.3) is 0 Å². The highest BCUT2D eigenvalue weighted by atomic mass is 79.9. The van der Waals surface area contributed by atoms with Crippen molar-refractivity contribution < 1.29 is 4.74 Å². The molecule has 0 amide bonds. The van der Waals surface area contributed by atoms with Gasteiger partial charge in [0.1, 0.15) is 12.4 Å². The molecule has 0 atom stereocenters. The average Bonchev–Trinajstić information content (AvgIpc) is 2.46. The molecule has 0 aliphatic rings. The van der Waals surface area contributed by atoms with Gasteiger partial charge in [-0.15, -0.1) is 0 Å². The fraction of sp³-hybridized carbons (Fsp3) is 0.250. The molecule has 0 bridgehead atoms. The number of ether oxygens (including phenoxy) is 1. The van der Waals surface area contributed by atoms with Gasteiger partial charge in [-0.2, -0.15) is 0 Å². The highest BCUT2D eigenvalue weighted by molar-refractivity contribution is 9.10. The van der Waals surface area contributed by atoms with Gasteiger partial charge in [0, 0.05) is 16.6 Å². The summed E-state index contributed by atoms with van der Waals surface area (Å²) in [6.45, 7) is 4.42. The SMILES string of the molecule is CCNCc1cccc(Br)c1OCc1ccc(Br)cc1. The summed E-state index contributed by atoms with van der Waals surface area (Å²) < 4.78 is 8.06. The Morgan fingerprint density at radius 3 is 2.50 bits per heavy atom. The van der Waals surface area contributed by atoms with Gasteiger partial charge in [0.2, 0.25) is 0 Å². The van der Waals surface area contributed by atoms with Gasteiger partial charge in [-0.25, -0.2) is 0 Å². The van der Waals surface area contributed by atoms with E-state index in [0.29, 0.717) is 6.61 Å². The zero-order chi connectivity index (χ0) is 14.4. The second kappa shape index (κ2) is 7.81. The number of halogens is 2. The van der Waals surface area contributed by atoms with E-state index in [9.17, 15) is 0 Å². The lowest BCUT2D eigenvalue weighted by atomic mass is 10.2. The van der Waals surface area contributed by atoms with Gasteiger partial charge in [-0.3, -0.25) is 0 Å². The summed E-state index contributed by atoms with van der Waals surface area (Å²) in [5.74, 6) is 0.913. The van der Waals surface area contributed by atoms with Crippen LogP contribution in [0, 0.1) is 0 Å². The first kappa shape index (κ1) is 15.5. The van der Waals surface area contributed by atoms with Crippen LogP contribution in [0.3, 0.4) is 0 Å². The van der Waals surface area contributed by atoms with E-state index in [2.05, 4.69) is 62.3 Å². The molecule has 0 radical (unpaired) electrons. The monoisotopic (exact) mass is 397 g/mol. The van der Waals surface area contributed by atoms with Crippen LogP contribution < -0.4 is 10.1 Å². The standard InChI is InChI=1S/C16H17Br2NO/c1-2-19-10-13-4-3-5-15(18)16(13)20-11-12-6-8-14(17)9-7-12/h3-9,19H,2,10-11H2,1H3. The van der Waals surface area contributed by atoms with E-state index in [-0.39, 0.29) is 0 Å². The van der Waals surface area contributed by atoms with Crippen LogP contribution in [0.25, 0.3) is 0 Å². The molecule has 0 aliphatic heterocycles. The van der Waals surface area contributed by atoms with Crippen LogP contribution in [0.5, 0.6) is 5.75 Å². The third kappa shape index (κ3) is 4.33. The molecule has 0 fully saturated rings. The third-order valence-electron chi connectivity index (χ3n) is 2.91. The lowest BCUT2D eigenvalue weighted by Gasteiger charge is -2.14. The van der Waals surface area contributed by atoms with Crippen LogP contribution in [0.2, 0.25) is 0 Å². The van der Waals surface area contributed by atoms with E-state index in [0.717, 1.165) is 33.3 Å². The molecule has 106 valence electrons. The molecule has 0 unspecified atom stereocenters. The normalized spacial score (nSPS) is 10.6. The summed E-state index contributed by atoms with van der Waals surface area (Å²) in [7, 11) is 0. The van der Waals surface area contributed by atoms with Crippen molar-refractivity contribution in [3.8, 4) is 5.75 Å². The van der Waals surface area contributed by atoms with Crippen molar-refractivity contribution in [2.75, 3.05) is 6.54 Å². The van der Waals surface area contributed by atoms with E-state index in [1.54, 1.807) is 0 Å². The molecule has 2 aromatic carbocycles. The highest BCUT2D eigenvalue weighted by Crippen LogP contribution is 2.30. The van der Waals surface area contributed by atoms with E-state index in [1.165, 1.54) is 5.56 Å². The third-order valence-corrected chi connectivity index (χ3v) is 4.06. The van der Waals surface area contributed by atoms with Crippen LogP contribution >= 0.6 is 31.9 Å². The van der Waals surface area contributed by atoms with Gasteiger partial charge < -0.3 is 10.1 Å². The predicted molar refractivity (Wildman–Crippen MR) is 90.0 cm³/mol. The number of benzene rings is 2. The summed E-state index contributed by atoms with van der Waals surface area (Å²) in [5.41, 5.74) is 2.32. The van der Waals surface area contributed by atoms with Gasteiger partial charge in [-0.1, -0.05) is 47.1 Å². The summed E-state index contributed by atoms with van der Waals surface area (Å²) in [6, 6.07) is 14.3. The molecule has 2 rings (SSSR count). The van der Waals surface area contributed by atoms with Crippen LogP contribution in [-0.2, 0) is 13.2 Å². The van der Waals surface area contributed by atoms with Crippen LogP contribution in [0.1, 0.15) is 18.1 Å². The van der Waals surface area contributed by atoms with E-state index in [1.807, 2.05) is 24.3 Å². The lowest BCUT2D eigenvalue weighted by Crippen LogP contribution is -2.13. The Labute approximate surface area is 136 Å². The van der Waals surface area contributed by atoms with Crippen molar-refractivity contribution in [3.63, 3.8) is 0 Å². The molecule has 2 nitrogen and oxygen atoms in total. The fourth-order valence-corrected chi connectivity index (χ4v) is 2.64. The number of hydrogen-bond donors (Lipinski definition) is 1. The molecule has 0 saturated heterocycles. The molecule has 4 heteroatoms. The summed E-state index contributed by atoms with van der Waals surface area (Å²) in [4.78, 5) is 0. The number of rotatable bonds is 6. The minimum Gasteiger partial charge on any atom is -0.487 e. The van der Waals surface area contributed by atoms with Gasteiger partial charge >= 0.3 is 0 Å². The van der Waals surface area contributed by atoms with Crippen LogP contribution in [0.15, 0.2) is 51.4 Å². The lowest BCUT2D eigenvalue weighted by molar-refractivity contribution is 0.300. The molecular formula is C16H17Br2NO. The van der Waals surface area contributed by atoms with Crippen molar-refractivity contribution in [1.29, 1.82) is 0 Å². The quantitative estimate of drug-likeness (QED) is 0.747. The maximum atomic E-state index is 5.99. The molecular weight excluding hydrogens is 382 g/mol. The van der Waals surface area contributed by atoms with E-state index in [4.69, 9.17) is 4.74 Å². The van der Waals surface area contributed by atoms with Crippen molar-refractivity contribution >= 4 is 31.9 Å². The zero-order valence-corrected chi connectivity index (χ0v) is 14.5. The molecule has 0 saturated carbocycles. The topological polar surface area (TPSA) is 21.3 Å². The molecule has 0 aromatic heterocycles. The van der Waals surface area contributed by atoms with Crippen molar-refractivity contribution in [1.82, 2.24) is 5.32 Å². The molecule has 0 heterocycles. The van der Waals surface area contributed by atoms with Crippen molar-refractivity contribution in [2.24, 2.45) is 0 Å². The van der Waals surface area contributed by atoms with Gasteiger partial charge in [0.15, 0.2) is 0 Å². The second-order valence-electron chi connectivity index (χ2n) is 4.42. The Morgan fingerprint density at radius 2 is 1.80 bits per heavy atom. The van der Waals surface area contributed by atoms with Crippen molar-refractivity contribution in [3.05, 3.63) is 62.5 Å². The smallest absolute Gasteiger partial charge is 0.138 e. The Hall–Kier alpha value is -0.840. The first-order valence-electron chi connectivity index (χ1n) is 6.56. The first-order valence-corrected chi connectivity index (χ1v) is 8.14. The number of nitrogens with one attached hydrogen (secondary N) is 1. The Balaban J connectivity index is 2.09. The second-order valence-corrected chi connectivity index (χ2v) is 6.19. The Bertz CT molecular complexity index is 555. The molecule has 2 aromatic rings. The van der Waals surface area contributed by atoms with Gasteiger partial charge in [-0.05, 0) is 46.2 Å². The minimum atomic E-state index is 0.565. The summed E-state index contributed by atoms with van der Waals surface area (Å²) in [5, 5.41) is 3.33. The van der Waals surface area contributed by atoms with Crippen molar-refractivity contribution in [2.45, 2.75) is 20.1 Å². The number of hydrogen-bond acceptors (Lipinski definition) is 2. The first-order chi connectivity index (χ1) is 9.70. The van der Waals surface area contributed by atoms with E-state index >= 15 is 0 Å². The molecule has 0 spiro atoms. The number of para-hydroxylation sites is 1. The maximum absolute atomic E-state index is 5.99. The largest absolute Gasteiger partial charge is 0.487 e. The Morgan fingerprint density at radius 1 is 1.05 bits per heavy atom. The highest BCUT2D eigenvalue weighted by Gasteiger charge is 2.08. The zero-order valence-electron chi connectivity index (χ0n) is 11.3. The van der Waals surface area contributed by atoms with E-state index < -0.39 is 0 Å². The average molecular weight is 399 g/mol. The fourth-order valence-electron chi connectivity index (χ4n) is 1.85. The minimum absolute atomic E-state index is 0.565. The maximum Gasteiger partial charge on any atom is 0.138 e. The van der Waals surface area contributed by atoms with Crippen LogP contribution in [-0.4, -0.2) is 6.54 Å². The molecule has 0 aliphatic carbocycles. The summed E-state index contributed by atoms with van der Waals surface area (Å²) >= 11 is 7.00. The molecule has 1 N–H and O–H groups in total. The predicted octanol–water partition coefficient (Wildman–Crippen LogP) is 4.90. The van der Waals surface area contributed by atoms with Crippen LogP contribution in [0.4, 0.5) is 0 Å². The molecule has 20 heavy (non-hydrogen) atoms. The Kier molecular flexibility index (Phi) is 6.07. The summed E-state index contributed by atoms with van der Waals surface area (Å²) in [6.07, 6.45) is 0.